The van der Waals surface area contributed by atoms with Crippen LogP contribution < -0.4 is 0 Å². The Morgan fingerprint density at radius 1 is 1.33 bits per heavy atom. The van der Waals surface area contributed by atoms with Crippen LogP contribution in [0.15, 0.2) is 0 Å². The summed E-state index contributed by atoms with van der Waals surface area (Å²) in [5, 5.41) is 0. The third-order valence-corrected chi connectivity index (χ3v) is 6.73. The minimum Gasteiger partial charge on any atom is -0.200 e. The highest BCUT2D eigenvalue weighted by Crippen LogP contribution is 2.41. The molecule has 0 N–H and O–H groups in total. The van der Waals surface area contributed by atoms with Crippen LogP contribution in [0.25, 0.3) is 0 Å². The fourth-order valence-electron chi connectivity index (χ4n) is 1.59. The van der Waals surface area contributed by atoms with Crippen molar-refractivity contribution < 1.29 is 8.42 Å². The van der Waals surface area contributed by atoms with Gasteiger partial charge in [-0.1, -0.05) is 13.8 Å². The molecule has 0 aromatic heterocycles. The van der Waals surface area contributed by atoms with Crippen molar-refractivity contribution in [3.63, 3.8) is 0 Å². The molecule has 0 spiro atoms. The van der Waals surface area contributed by atoms with Crippen LogP contribution >= 0.6 is 10.8 Å². The van der Waals surface area contributed by atoms with E-state index in [0.29, 0.717) is 5.92 Å². The molecule has 1 fully saturated rings. The van der Waals surface area contributed by atoms with Crippen LogP contribution in [-0.2, 0) is 9.06 Å². The molecule has 0 aliphatic heterocycles. The highest BCUT2D eigenvalue weighted by atomic mass is 33.1. The fourth-order valence-corrected chi connectivity index (χ4v) is 4.53. The maximum absolute atomic E-state index is 12.0. The van der Waals surface area contributed by atoms with Crippen molar-refractivity contribution in [1.29, 1.82) is 0 Å². The second-order valence-corrected chi connectivity index (χ2v) is 8.81. The van der Waals surface area contributed by atoms with Gasteiger partial charge in [0, 0.05) is 11.6 Å². The molecule has 0 aromatic rings. The summed E-state index contributed by atoms with van der Waals surface area (Å²) in [6.07, 6.45) is 3.66. The molecule has 0 heterocycles. The lowest BCUT2D eigenvalue weighted by atomic mass is 9.90. The molecular formula is C10H21NO2S2. The highest BCUT2D eigenvalue weighted by molar-refractivity contribution is 8.70. The maximum atomic E-state index is 12.0. The Hall–Kier alpha value is 0.260. The molecule has 0 amide bonds. The second kappa shape index (κ2) is 4.26. The first-order valence-corrected chi connectivity index (χ1v) is 8.51. The van der Waals surface area contributed by atoms with E-state index in [1.54, 1.807) is 10.6 Å². The van der Waals surface area contributed by atoms with Gasteiger partial charge in [0.15, 0.2) is 0 Å². The lowest BCUT2D eigenvalue weighted by Crippen LogP contribution is -2.51. The Morgan fingerprint density at radius 2 is 1.80 bits per heavy atom. The summed E-state index contributed by atoms with van der Waals surface area (Å²) in [5.41, 5.74) is -0.289. The molecule has 5 heteroatoms. The summed E-state index contributed by atoms with van der Waals surface area (Å²) in [5.74, 6) is 0.319. The van der Waals surface area contributed by atoms with Gasteiger partial charge < -0.3 is 0 Å². The van der Waals surface area contributed by atoms with E-state index in [1.165, 1.54) is 0 Å². The number of hydrogen-bond donors (Lipinski definition) is 0. The van der Waals surface area contributed by atoms with E-state index in [4.69, 9.17) is 0 Å². The van der Waals surface area contributed by atoms with E-state index in [2.05, 4.69) is 13.8 Å². The zero-order valence-electron chi connectivity index (χ0n) is 10.1. The Kier molecular flexibility index (Phi) is 3.78. The SMILES string of the molecule is CSS(=O)(=O)N(C1CC1)C(C)(C)C(C)C. The van der Waals surface area contributed by atoms with Gasteiger partial charge in [0.1, 0.15) is 0 Å². The van der Waals surface area contributed by atoms with Crippen LogP contribution in [0.4, 0.5) is 0 Å². The molecule has 3 nitrogen and oxygen atoms in total. The summed E-state index contributed by atoms with van der Waals surface area (Å²) >= 11 is 0. The summed E-state index contributed by atoms with van der Waals surface area (Å²) in [4.78, 5) is 0. The molecule has 0 aromatic carbocycles. The molecule has 1 rings (SSSR count). The Balaban J connectivity index is 3.03. The lowest BCUT2D eigenvalue weighted by Gasteiger charge is -2.40. The second-order valence-electron chi connectivity index (χ2n) is 4.96. The molecule has 90 valence electrons. The standard InChI is InChI=1S/C10H21NO2S2/c1-8(2)10(3,4)11(9-6-7-9)15(12,13)14-5/h8-9H,6-7H2,1-5H3. The predicted molar refractivity (Wildman–Crippen MR) is 66.2 cm³/mol. The van der Waals surface area contributed by atoms with Crippen LogP contribution in [0.1, 0.15) is 40.5 Å². The Morgan fingerprint density at radius 3 is 2.07 bits per heavy atom. The average Bonchev–Trinajstić information content (AvgIpc) is 2.87. The normalized spacial score (nSPS) is 18.9. The van der Waals surface area contributed by atoms with E-state index in [1.807, 2.05) is 13.8 Å². The van der Waals surface area contributed by atoms with Crippen molar-refractivity contribution in [1.82, 2.24) is 4.31 Å². The zero-order valence-corrected chi connectivity index (χ0v) is 11.8. The van der Waals surface area contributed by atoms with Crippen LogP contribution in [0.2, 0.25) is 0 Å². The van der Waals surface area contributed by atoms with Gasteiger partial charge in [0.05, 0.1) is 0 Å². The molecule has 0 saturated heterocycles. The van der Waals surface area contributed by atoms with E-state index < -0.39 is 9.06 Å². The molecule has 0 radical (unpaired) electrons. The third-order valence-electron chi connectivity index (χ3n) is 3.31. The number of nitrogens with zero attached hydrogens (tertiary/aromatic N) is 1. The number of rotatable bonds is 5. The van der Waals surface area contributed by atoms with E-state index in [-0.39, 0.29) is 11.6 Å². The average molecular weight is 251 g/mol. The van der Waals surface area contributed by atoms with Gasteiger partial charge in [-0.05, 0) is 49.7 Å². The fraction of sp³-hybridized carbons (Fsp3) is 1.00. The molecule has 1 saturated carbocycles. The van der Waals surface area contributed by atoms with Crippen molar-refractivity contribution in [2.75, 3.05) is 6.26 Å². The third kappa shape index (κ3) is 2.68. The summed E-state index contributed by atoms with van der Waals surface area (Å²) in [6, 6.07) is 0.236. The van der Waals surface area contributed by atoms with E-state index in [0.717, 1.165) is 23.6 Å². The van der Waals surface area contributed by atoms with Crippen LogP contribution in [0, 0.1) is 5.92 Å². The lowest BCUT2D eigenvalue weighted by molar-refractivity contribution is 0.162. The molecule has 0 bridgehead atoms. The first kappa shape index (κ1) is 13.3. The quantitative estimate of drug-likeness (QED) is 0.705. The molecule has 1 aliphatic carbocycles. The largest absolute Gasteiger partial charge is 0.267 e. The first-order valence-electron chi connectivity index (χ1n) is 5.33. The van der Waals surface area contributed by atoms with Crippen molar-refractivity contribution in [3.8, 4) is 0 Å². The van der Waals surface area contributed by atoms with Gasteiger partial charge in [-0.2, -0.15) is 4.31 Å². The minimum absolute atomic E-state index is 0.236. The summed E-state index contributed by atoms with van der Waals surface area (Å²) < 4.78 is 25.8. The zero-order chi connectivity index (χ0) is 11.9. The summed E-state index contributed by atoms with van der Waals surface area (Å²) in [7, 11) is -2.20. The minimum atomic E-state index is -3.15. The van der Waals surface area contributed by atoms with Gasteiger partial charge in [-0.25, -0.2) is 8.42 Å². The Bertz CT molecular complexity index is 318. The highest BCUT2D eigenvalue weighted by Gasteiger charge is 2.46. The van der Waals surface area contributed by atoms with Gasteiger partial charge >= 0.3 is 0 Å². The monoisotopic (exact) mass is 251 g/mol. The van der Waals surface area contributed by atoms with Crippen LogP contribution in [0.5, 0.6) is 0 Å². The van der Waals surface area contributed by atoms with Crippen molar-refractivity contribution in [3.05, 3.63) is 0 Å². The van der Waals surface area contributed by atoms with E-state index >= 15 is 0 Å². The van der Waals surface area contributed by atoms with Gasteiger partial charge in [0.2, 0.25) is 0 Å². The topological polar surface area (TPSA) is 37.4 Å². The molecule has 1 aliphatic rings. The predicted octanol–water partition coefficient (Wildman–Crippen LogP) is 2.49. The molecule has 0 unspecified atom stereocenters. The van der Waals surface area contributed by atoms with Gasteiger partial charge in [-0.3, -0.25) is 0 Å². The Labute approximate surface area is 97.1 Å². The smallest absolute Gasteiger partial charge is 0.200 e. The van der Waals surface area contributed by atoms with Crippen molar-refractivity contribution >= 4 is 19.8 Å². The molecular weight excluding hydrogens is 230 g/mol. The van der Waals surface area contributed by atoms with Crippen LogP contribution in [0.3, 0.4) is 0 Å². The maximum Gasteiger partial charge on any atom is 0.267 e. The first-order chi connectivity index (χ1) is 6.73. The van der Waals surface area contributed by atoms with Gasteiger partial charge in [-0.15, -0.1) is 0 Å². The molecule has 15 heavy (non-hydrogen) atoms. The van der Waals surface area contributed by atoms with E-state index in [9.17, 15) is 8.42 Å². The number of hydrogen-bond acceptors (Lipinski definition) is 3. The van der Waals surface area contributed by atoms with Gasteiger partial charge in [0.25, 0.3) is 9.06 Å². The van der Waals surface area contributed by atoms with Crippen molar-refractivity contribution in [2.45, 2.75) is 52.1 Å². The van der Waals surface area contributed by atoms with Crippen LogP contribution in [-0.4, -0.2) is 30.6 Å². The summed E-state index contributed by atoms with van der Waals surface area (Å²) in [6.45, 7) is 8.18. The van der Waals surface area contributed by atoms with Crippen molar-refractivity contribution in [2.24, 2.45) is 5.92 Å². The molecule has 0 atom stereocenters.